The first-order valence-electron chi connectivity index (χ1n) is 6.62. The largest absolute Gasteiger partial charge is 0.313 e. The minimum Gasteiger partial charge on any atom is -0.313 e. The lowest BCUT2D eigenvalue weighted by Gasteiger charge is -2.18. The first-order chi connectivity index (χ1) is 7.42. The van der Waals surface area contributed by atoms with Gasteiger partial charge in [-0.3, -0.25) is 4.90 Å². The van der Waals surface area contributed by atoms with Gasteiger partial charge >= 0.3 is 0 Å². The van der Waals surface area contributed by atoms with E-state index in [0.29, 0.717) is 0 Å². The summed E-state index contributed by atoms with van der Waals surface area (Å²) in [4.78, 5) is 2.68. The summed E-state index contributed by atoms with van der Waals surface area (Å²) in [6.45, 7) is 5.05. The molecule has 2 N–H and O–H groups in total. The molecule has 2 heterocycles. The van der Waals surface area contributed by atoms with E-state index >= 15 is 0 Å². The van der Waals surface area contributed by atoms with Gasteiger partial charge < -0.3 is 10.6 Å². The van der Waals surface area contributed by atoms with E-state index in [1.807, 2.05) is 0 Å². The summed E-state index contributed by atoms with van der Waals surface area (Å²) in [5.41, 5.74) is 0. The fourth-order valence-corrected chi connectivity index (χ4v) is 2.97. The van der Waals surface area contributed by atoms with Crippen molar-refractivity contribution in [2.24, 2.45) is 0 Å². The third-order valence-corrected chi connectivity index (χ3v) is 4.10. The highest BCUT2D eigenvalue weighted by Gasteiger charge is 2.34. The van der Waals surface area contributed by atoms with Crippen molar-refractivity contribution >= 4 is 0 Å². The van der Waals surface area contributed by atoms with Gasteiger partial charge in [-0.05, 0) is 38.6 Å². The van der Waals surface area contributed by atoms with E-state index in [4.69, 9.17) is 0 Å². The summed E-state index contributed by atoms with van der Waals surface area (Å²) < 4.78 is 0. The molecule has 0 amide bonds. The highest BCUT2D eigenvalue weighted by atomic mass is 15.2. The predicted molar refractivity (Wildman–Crippen MR) is 62.0 cm³/mol. The van der Waals surface area contributed by atoms with Crippen molar-refractivity contribution in [1.29, 1.82) is 0 Å². The Balaban J connectivity index is 1.37. The number of likely N-dealkylation sites (tertiary alicyclic amines) is 1. The Hall–Kier alpha value is -0.120. The quantitative estimate of drug-likeness (QED) is 0.708. The molecule has 3 heteroatoms. The number of rotatable bonds is 4. The SMILES string of the molecule is C1CNC(CNC2CCN(C3CC3)C2)C1. The van der Waals surface area contributed by atoms with Crippen LogP contribution >= 0.6 is 0 Å². The van der Waals surface area contributed by atoms with Gasteiger partial charge in [0, 0.05) is 37.8 Å². The van der Waals surface area contributed by atoms with Crippen LogP contribution in [0.1, 0.15) is 32.1 Å². The normalized spacial score (nSPS) is 37.6. The third kappa shape index (κ3) is 2.52. The van der Waals surface area contributed by atoms with Crippen molar-refractivity contribution in [3.63, 3.8) is 0 Å². The molecule has 2 unspecified atom stereocenters. The van der Waals surface area contributed by atoms with Crippen LogP contribution in [0.25, 0.3) is 0 Å². The standard InChI is InChI=1S/C12H23N3/c1-2-10(13-6-1)8-14-11-5-7-15(9-11)12-3-4-12/h10-14H,1-9H2. The highest BCUT2D eigenvalue weighted by molar-refractivity contribution is 4.92. The minimum atomic E-state index is 0.750. The fourth-order valence-electron chi connectivity index (χ4n) is 2.97. The van der Waals surface area contributed by atoms with Crippen LogP contribution in [0.15, 0.2) is 0 Å². The maximum Gasteiger partial charge on any atom is 0.0207 e. The molecule has 1 saturated carbocycles. The molecule has 2 atom stereocenters. The van der Waals surface area contributed by atoms with Crippen molar-refractivity contribution in [1.82, 2.24) is 15.5 Å². The molecule has 15 heavy (non-hydrogen) atoms. The Labute approximate surface area is 92.6 Å². The average Bonchev–Trinajstić information content (AvgIpc) is 2.82. The van der Waals surface area contributed by atoms with Crippen LogP contribution in [-0.4, -0.2) is 49.2 Å². The summed E-state index contributed by atoms with van der Waals surface area (Å²) >= 11 is 0. The lowest BCUT2D eigenvalue weighted by atomic mass is 10.2. The minimum absolute atomic E-state index is 0.750. The first-order valence-corrected chi connectivity index (χ1v) is 6.62. The Morgan fingerprint density at radius 1 is 1.20 bits per heavy atom. The van der Waals surface area contributed by atoms with Crippen molar-refractivity contribution < 1.29 is 0 Å². The molecule has 0 spiro atoms. The molecule has 0 aromatic heterocycles. The molecule has 3 aliphatic rings. The Kier molecular flexibility index (Phi) is 2.95. The van der Waals surface area contributed by atoms with Gasteiger partial charge in [0.1, 0.15) is 0 Å². The smallest absolute Gasteiger partial charge is 0.0207 e. The molecule has 0 bridgehead atoms. The second-order valence-corrected chi connectivity index (χ2v) is 5.41. The number of hydrogen-bond donors (Lipinski definition) is 2. The van der Waals surface area contributed by atoms with E-state index in [2.05, 4.69) is 15.5 Å². The summed E-state index contributed by atoms with van der Waals surface area (Å²) in [6.07, 6.45) is 7.01. The third-order valence-electron chi connectivity index (χ3n) is 4.10. The van der Waals surface area contributed by atoms with Crippen molar-refractivity contribution in [2.75, 3.05) is 26.2 Å². The molecule has 2 saturated heterocycles. The van der Waals surface area contributed by atoms with Crippen LogP contribution in [0.2, 0.25) is 0 Å². The van der Waals surface area contributed by atoms with Crippen molar-refractivity contribution in [3.8, 4) is 0 Å². The van der Waals surface area contributed by atoms with Crippen LogP contribution in [0.3, 0.4) is 0 Å². The van der Waals surface area contributed by atoms with Gasteiger partial charge in [0.05, 0.1) is 0 Å². The van der Waals surface area contributed by atoms with Crippen LogP contribution in [-0.2, 0) is 0 Å². The van der Waals surface area contributed by atoms with E-state index in [9.17, 15) is 0 Å². The van der Waals surface area contributed by atoms with Gasteiger partial charge in [0.2, 0.25) is 0 Å². The van der Waals surface area contributed by atoms with Crippen LogP contribution < -0.4 is 10.6 Å². The summed E-state index contributed by atoms with van der Waals surface area (Å²) in [6, 6.07) is 2.48. The van der Waals surface area contributed by atoms with E-state index in [0.717, 1.165) is 18.1 Å². The van der Waals surface area contributed by atoms with E-state index in [1.54, 1.807) is 0 Å². The van der Waals surface area contributed by atoms with Gasteiger partial charge in [-0.1, -0.05) is 0 Å². The summed E-state index contributed by atoms with van der Waals surface area (Å²) in [7, 11) is 0. The number of nitrogens with one attached hydrogen (secondary N) is 2. The molecular formula is C12H23N3. The Bertz CT molecular complexity index is 209. The molecule has 2 aliphatic heterocycles. The molecule has 0 radical (unpaired) electrons. The zero-order valence-electron chi connectivity index (χ0n) is 9.54. The number of hydrogen-bond acceptors (Lipinski definition) is 3. The second kappa shape index (κ2) is 4.40. The maximum atomic E-state index is 3.73. The molecular weight excluding hydrogens is 186 g/mol. The van der Waals surface area contributed by atoms with Gasteiger partial charge in [0.25, 0.3) is 0 Å². The molecule has 86 valence electrons. The lowest BCUT2D eigenvalue weighted by molar-refractivity contribution is 0.316. The zero-order chi connectivity index (χ0) is 10.1. The van der Waals surface area contributed by atoms with Crippen molar-refractivity contribution in [2.45, 2.75) is 50.2 Å². The topological polar surface area (TPSA) is 27.3 Å². The monoisotopic (exact) mass is 209 g/mol. The Morgan fingerprint density at radius 2 is 2.13 bits per heavy atom. The second-order valence-electron chi connectivity index (χ2n) is 5.41. The van der Waals surface area contributed by atoms with Gasteiger partial charge in [-0.15, -0.1) is 0 Å². The van der Waals surface area contributed by atoms with Gasteiger partial charge in [-0.2, -0.15) is 0 Å². The number of nitrogens with zero attached hydrogens (tertiary/aromatic N) is 1. The zero-order valence-corrected chi connectivity index (χ0v) is 9.54. The summed E-state index contributed by atoms with van der Waals surface area (Å²) in [5.74, 6) is 0. The van der Waals surface area contributed by atoms with Gasteiger partial charge in [0.15, 0.2) is 0 Å². The molecule has 0 aromatic carbocycles. The van der Waals surface area contributed by atoms with E-state index in [1.165, 1.54) is 58.3 Å². The molecule has 3 nitrogen and oxygen atoms in total. The fraction of sp³-hybridized carbons (Fsp3) is 1.00. The van der Waals surface area contributed by atoms with Crippen molar-refractivity contribution in [3.05, 3.63) is 0 Å². The van der Waals surface area contributed by atoms with Crippen LogP contribution in [0.4, 0.5) is 0 Å². The Morgan fingerprint density at radius 3 is 2.87 bits per heavy atom. The van der Waals surface area contributed by atoms with E-state index < -0.39 is 0 Å². The van der Waals surface area contributed by atoms with Gasteiger partial charge in [-0.25, -0.2) is 0 Å². The summed E-state index contributed by atoms with van der Waals surface area (Å²) in [5, 5.41) is 7.28. The highest BCUT2D eigenvalue weighted by Crippen LogP contribution is 2.29. The lowest BCUT2D eigenvalue weighted by Crippen LogP contribution is -2.41. The average molecular weight is 209 g/mol. The molecule has 1 aliphatic carbocycles. The first kappa shape index (κ1) is 10.1. The maximum absolute atomic E-state index is 3.73. The molecule has 3 rings (SSSR count). The van der Waals surface area contributed by atoms with E-state index in [-0.39, 0.29) is 0 Å². The van der Waals surface area contributed by atoms with Crippen LogP contribution in [0.5, 0.6) is 0 Å². The van der Waals surface area contributed by atoms with Crippen LogP contribution in [0, 0.1) is 0 Å². The molecule has 3 fully saturated rings. The molecule has 0 aromatic rings. The predicted octanol–water partition coefficient (Wildman–Crippen LogP) is 0.565.